The number of hydrazine groups is 1. The predicted octanol–water partition coefficient (Wildman–Crippen LogP) is -1.28. The first-order valence-electron chi connectivity index (χ1n) is 17.3. The number of aromatic nitrogens is 16. The second-order valence-corrected chi connectivity index (χ2v) is 12.4. The smallest absolute Gasteiger partial charge is 0.292 e. The van der Waals surface area contributed by atoms with E-state index in [9.17, 15) is 0 Å². The van der Waals surface area contributed by atoms with Gasteiger partial charge in [-0.25, -0.2) is 21.0 Å². The van der Waals surface area contributed by atoms with Crippen molar-refractivity contribution < 1.29 is 0 Å². The van der Waals surface area contributed by atoms with Gasteiger partial charge in [0.15, 0.2) is 11.7 Å². The highest BCUT2D eigenvalue weighted by Gasteiger charge is 2.32. The van der Waals surface area contributed by atoms with Gasteiger partial charge in [0.05, 0.1) is 11.8 Å². The maximum atomic E-state index is 8.51. The van der Waals surface area contributed by atoms with Gasteiger partial charge < -0.3 is 34.1 Å². The van der Waals surface area contributed by atoms with E-state index in [2.05, 4.69) is 102 Å². The fraction of sp³-hybridized carbons (Fsp3) is 0.462. The van der Waals surface area contributed by atoms with Crippen LogP contribution in [-0.4, -0.2) is 110 Å². The third-order valence-corrected chi connectivity index (χ3v) is 8.11. The number of nitrogen functional groups attached to an aromatic ring is 2. The maximum Gasteiger partial charge on any atom is 0.292 e. The van der Waals surface area contributed by atoms with Crippen LogP contribution in [0.5, 0.6) is 0 Å². The van der Waals surface area contributed by atoms with Gasteiger partial charge in [-0.2, -0.15) is 39.9 Å². The third kappa shape index (κ3) is 9.59. The van der Waals surface area contributed by atoms with Crippen molar-refractivity contribution in [2.24, 2.45) is 54.9 Å². The number of nitrogens with one attached hydrogen (secondary N) is 6. The molecule has 58 heavy (non-hydrogen) atoms. The second kappa shape index (κ2) is 18.0. The van der Waals surface area contributed by atoms with Crippen molar-refractivity contribution in [1.29, 1.82) is 10.9 Å². The number of guanidine groups is 1. The van der Waals surface area contributed by atoms with E-state index < -0.39 is 5.41 Å². The Morgan fingerprint density at radius 1 is 0.879 bits per heavy atom. The molecule has 0 aliphatic rings. The van der Waals surface area contributed by atoms with Crippen LogP contribution in [0.2, 0.25) is 0 Å². The van der Waals surface area contributed by atoms with Gasteiger partial charge in [-0.15, -0.1) is 56.1 Å². The van der Waals surface area contributed by atoms with Crippen LogP contribution in [-0.2, 0) is 0 Å². The molecular formula is C26H46N32. The molecule has 0 bridgehead atoms. The Kier molecular flexibility index (Phi) is 13.3. The van der Waals surface area contributed by atoms with Crippen molar-refractivity contribution in [3.8, 4) is 5.95 Å². The number of aromatic amines is 2. The van der Waals surface area contributed by atoms with Crippen LogP contribution in [0.25, 0.3) is 5.95 Å². The molecule has 0 fully saturated rings. The first kappa shape index (κ1) is 42.7. The molecule has 0 saturated heterocycles. The SMILES string of the molecule is CC.CCC(C)N(N=N)c1n[nH]c(Nc2nnc(-n3nc(N(N)/N=C(\N)c4n[nH]c(N/C(N)=N/N=C(\N)n5nc(C(=N)C(C)(C)C(C)C)nc5N)n4)nc3N)nn2)n1. The summed E-state index contributed by atoms with van der Waals surface area (Å²) in [5.41, 5.74) is 36.9. The van der Waals surface area contributed by atoms with Gasteiger partial charge in [-0.3, -0.25) is 10.6 Å². The molecule has 5 aromatic heterocycles. The molecule has 32 heteroatoms. The van der Waals surface area contributed by atoms with E-state index in [1.54, 1.807) is 0 Å². The van der Waals surface area contributed by atoms with Gasteiger partial charge in [-0.05, 0) is 19.3 Å². The Labute approximate surface area is 328 Å². The Bertz CT molecular complexity index is 2250. The molecule has 0 radical (unpaired) electrons. The summed E-state index contributed by atoms with van der Waals surface area (Å²) in [5, 5.41) is 68.2. The zero-order chi connectivity index (χ0) is 42.9. The Balaban J connectivity index is 0.00000366. The number of nitrogens with two attached hydrogens (primary N) is 6. The highest BCUT2D eigenvalue weighted by molar-refractivity contribution is 6.00. The largest absolute Gasteiger partial charge is 0.379 e. The number of nitrogens with zero attached hydrogens (tertiary/aromatic N) is 20. The van der Waals surface area contributed by atoms with Crippen LogP contribution < -0.4 is 55.3 Å². The lowest BCUT2D eigenvalue weighted by Crippen LogP contribution is -2.31. The van der Waals surface area contributed by atoms with Gasteiger partial charge in [-0.1, -0.05) is 53.7 Å². The Morgan fingerprint density at radius 2 is 1.55 bits per heavy atom. The van der Waals surface area contributed by atoms with Gasteiger partial charge in [0, 0.05) is 5.41 Å². The minimum Gasteiger partial charge on any atom is -0.379 e. The Morgan fingerprint density at radius 3 is 2.19 bits per heavy atom. The van der Waals surface area contributed by atoms with E-state index in [1.165, 1.54) is 5.01 Å². The molecule has 0 aliphatic heterocycles. The van der Waals surface area contributed by atoms with Gasteiger partial charge >= 0.3 is 0 Å². The normalized spacial score (nSPS) is 12.8. The van der Waals surface area contributed by atoms with Crippen LogP contribution in [0.1, 0.15) is 73.5 Å². The molecule has 0 spiro atoms. The summed E-state index contributed by atoms with van der Waals surface area (Å²) in [5.74, 6) is 4.89. The number of hydrogen-bond acceptors (Lipinski definition) is 23. The molecular weight excluding hydrogens is 761 g/mol. The van der Waals surface area contributed by atoms with E-state index >= 15 is 0 Å². The number of hydrazone groups is 1. The van der Waals surface area contributed by atoms with Crippen molar-refractivity contribution in [3.63, 3.8) is 0 Å². The van der Waals surface area contributed by atoms with Crippen molar-refractivity contribution in [1.82, 2.24) is 80.3 Å². The molecule has 0 amide bonds. The Hall–Kier alpha value is -8.06. The molecule has 1 unspecified atom stereocenters. The number of hydrogen-bond donors (Lipinski definition) is 12. The summed E-state index contributed by atoms with van der Waals surface area (Å²) in [4.78, 5) is 16.5. The zero-order valence-electron chi connectivity index (χ0n) is 32.8. The van der Waals surface area contributed by atoms with Crippen molar-refractivity contribution in [2.45, 2.75) is 67.9 Å². The first-order valence-corrected chi connectivity index (χ1v) is 17.3. The summed E-state index contributed by atoms with van der Waals surface area (Å²) in [7, 11) is 0. The average Bonchev–Trinajstić information content (AvgIpc) is 4.02. The lowest BCUT2D eigenvalue weighted by atomic mass is 9.76. The fourth-order valence-corrected chi connectivity index (χ4v) is 4.05. The second-order valence-electron chi connectivity index (χ2n) is 12.4. The molecule has 5 heterocycles. The van der Waals surface area contributed by atoms with Crippen molar-refractivity contribution in [3.05, 3.63) is 11.6 Å². The fourth-order valence-electron chi connectivity index (χ4n) is 4.05. The number of anilines is 7. The van der Waals surface area contributed by atoms with Gasteiger partial charge in [0.2, 0.25) is 41.5 Å². The molecule has 0 aromatic carbocycles. The topological polar surface area (TPSA) is 480 Å². The minimum atomic E-state index is -0.528. The van der Waals surface area contributed by atoms with E-state index in [0.29, 0.717) is 11.5 Å². The summed E-state index contributed by atoms with van der Waals surface area (Å²) < 4.78 is 2.02. The molecule has 310 valence electrons. The lowest BCUT2D eigenvalue weighted by molar-refractivity contribution is 0.362. The van der Waals surface area contributed by atoms with Crippen LogP contribution in [0.3, 0.4) is 0 Å². The van der Waals surface area contributed by atoms with Crippen LogP contribution >= 0.6 is 0 Å². The summed E-state index contributed by atoms with van der Waals surface area (Å²) in [6, 6.07) is -0.106. The van der Waals surface area contributed by atoms with Gasteiger partial charge in [0.1, 0.15) is 0 Å². The number of rotatable bonds is 15. The van der Waals surface area contributed by atoms with Crippen molar-refractivity contribution in [2.75, 3.05) is 32.2 Å². The summed E-state index contributed by atoms with van der Waals surface area (Å²) in [6.07, 6.45) is 0.714. The number of amidine groups is 1. The molecule has 1 atom stereocenters. The van der Waals surface area contributed by atoms with E-state index in [0.717, 1.165) is 9.36 Å². The van der Waals surface area contributed by atoms with E-state index in [-0.39, 0.29) is 94.7 Å². The first-order chi connectivity index (χ1) is 27.5. The lowest BCUT2D eigenvalue weighted by Gasteiger charge is -2.28. The highest BCUT2D eigenvalue weighted by Crippen LogP contribution is 2.29. The molecule has 5 aromatic rings. The summed E-state index contributed by atoms with van der Waals surface area (Å²) >= 11 is 0. The van der Waals surface area contributed by atoms with Crippen molar-refractivity contribution >= 4 is 65.1 Å². The van der Waals surface area contributed by atoms with Crippen LogP contribution in [0.15, 0.2) is 20.5 Å². The van der Waals surface area contributed by atoms with E-state index in [1.807, 2.05) is 55.4 Å². The summed E-state index contributed by atoms with van der Waals surface area (Å²) in [6.45, 7) is 15.6. The third-order valence-electron chi connectivity index (χ3n) is 8.11. The number of H-pyrrole nitrogens is 2. The highest BCUT2D eigenvalue weighted by atomic mass is 15.7. The van der Waals surface area contributed by atoms with Gasteiger partial charge in [0.25, 0.3) is 23.8 Å². The van der Waals surface area contributed by atoms with Crippen LogP contribution in [0.4, 0.5) is 41.6 Å². The van der Waals surface area contributed by atoms with E-state index in [4.69, 9.17) is 45.5 Å². The molecule has 18 N–H and O–H groups in total. The zero-order valence-corrected chi connectivity index (χ0v) is 32.8. The molecule has 32 nitrogen and oxygen atoms in total. The van der Waals surface area contributed by atoms with Crippen LogP contribution in [0, 0.1) is 22.3 Å². The quantitative estimate of drug-likeness (QED) is 0.0192. The molecule has 5 rings (SSSR count). The standard InChI is InChI=1S/C24H40N32.C2H6/c1-7-9(4)53(52-31)21-38-19(43-46-21)37-20-44-47-23(48-45-20)55-16(29)36-22(51-55)56(32)49-11(26)13-34-18(42-39-13)35-14(27)40-41-17(30)54-15(28)33-12(50-54)10(25)24(5,6)8(2)3;1-2/h8-9,25,31H,7,32H2,1-6H3,(H2,26,49)(H2,30,41)(H2,28,33,50)(H2,29,36,51)(H4,27,34,35,39,40,42)(H2,37,38,43,44,45,46);1-2H3. The average molecular weight is 807 g/mol. The minimum absolute atomic E-state index is 0.00872. The molecule has 0 aliphatic carbocycles. The maximum absolute atomic E-state index is 8.51. The predicted molar refractivity (Wildman–Crippen MR) is 211 cm³/mol. The molecule has 0 saturated carbocycles. The monoisotopic (exact) mass is 806 g/mol.